The molecule has 1 N–H and O–H groups in total. The fourth-order valence-electron chi connectivity index (χ4n) is 1.90. The zero-order chi connectivity index (χ0) is 14.0. The summed E-state index contributed by atoms with van der Waals surface area (Å²) >= 11 is 0. The van der Waals surface area contributed by atoms with Crippen molar-refractivity contribution >= 4 is 7.60 Å². The van der Waals surface area contributed by atoms with Gasteiger partial charge < -0.3 is 14.4 Å². The third kappa shape index (κ3) is 5.87. The standard InChI is InChI=1S/C8H18NO3P.C6H6/c1-3-11-13(10,12-4-2)8-6-5-7-9-8;1-2-4-6-5-3-1/h8-9H,3-7H2,1-2H3;1-6H. The first kappa shape index (κ1) is 16.4. The van der Waals surface area contributed by atoms with Gasteiger partial charge in [0.15, 0.2) is 0 Å². The van der Waals surface area contributed by atoms with Crippen LogP contribution in [-0.2, 0) is 13.6 Å². The molecule has 5 heteroatoms. The number of hydrogen-bond donors (Lipinski definition) is 1. The van der Waals surface area contributed by atoms with Crippen LogP contribution in [0.4, 0.5) is 0 Å². The minimum absolute atomic E-state index is 0.0904. The lowest BCUT2D eigenvalue weighted by Gasteiger charge is -2.22. The molecule has 2 rings (SSSR count). The van der Waals surface area contributed by atoms with Crippen LogP contribution >= 0.6 is 7.60 Å². The van der Waals surface area contributed by atoms with Crippen molar-refractivity contribution < 1.29 is 13.6 Å². The van der Waals surface area contributed by atoms with E-state index in [1.807, 2.05) is 50.2 Å². The molecule has 0 saturated carbocycles. The number of nitrogens with one attached hydrogen (secondary N) is 1. The Bertz CT molecular complexity index is 330. The lowest BCUT2D eigenvalue weighted by molar-refractivity contribution is 0.210. The maximum atomic E-state index is 12.1. The first-order valence-electron chi connectivity index (χ1n) is 6.85. The Balaban J connectivity index is 0.000000250. The van der Waals surface area contributed by atoms with E-state index in [-0.39, 0.29) is 5.78 Å². The van der Waals surface area contributed by atoms with E-state index in [9.17, 15) is 4.57 Å². The van der Waals surface area contributed by atoms with E-state index in [0.29, 0.717) is 13.2 Å². The van der Waals surface area contributed by atoms with Crippen molar-refractivity contribution in [1.82, 2.24) is 5.32 Å². The largest absolute Gasteiger partial charge is 0.347 e. The van der Waals surface area contributed by atoms with E-state index in [1.54, 1.807) is 0 Å². The van der Waals surface area contributed by atoms with Crippen molar-refractivity contribution in [3.05, 3.63) is 36.4 Å². The van der Waals surface area contributed by atoms with Crippen LogP contribution in [0.1, 0.15) is 26.7 Å². The molecule has 1 saturated heterocycles. The van der Waals surface area contributed by atoms with Gasteiger partial charge in [-0.3, -0.25) is 4.57 Å². The Morgan fingerprint density at radius 3 is 1.84 bits per heavy atom. The Morgan fingerprint density at radius 2 is 1.53 bits per heavy atom. The van der Waals surface area contributed by atoms with Gasteiger partial charge in [-0.25, -0.2) is 0 Å². The van der Waals surface area contributed by atoms with Crippen molar-refractivity contribution in [2.45, 2.75) is 32.5 Å². The highest BCUT2D eigenvalue weighted by molar-refractivity contribution is 7.54. The van der Waals surface area contributed by atoms with Gasteiger partial charge in [-0.1, -0.05) is 36.4 Å². The van der Waals surface area contributed by atoms with E-state index in [2.05, 4.69) is 5.32 Å². The molecule has 0 radical (unpaired) electrons. The van der Waals surface area contributed by atoms with Crippen LogP contribution in [0.25, 0.3) is 0 Å². The minimum atomic E-state index is -2.88. The summed E-state index contributed by atoms with van der Waals surface area (Å²) in [6.07, 6.45) is 1.94. The molecule has 1 atom stereocenters. The Kier molecular flexibility index (Phi) is 7.99. The van der Waals surface area contributed by atoms with Crippen LogP contribution in [0.2, 0.25) is 0 Å². The molecule has 4 nitrogen and oxygen atoms in total. The first-order valence-corrected chi connectivity index (χ1v) is 8.46. The van der Waals surface area contributed by atoms with Gasteiger partial charge in [0.25, 0.3) is 0 Å². The molecule has 1 fully saturated rings. The van der Waals surface area contributed by atoms with E-state index in [1.165, 1.54) is 0 Å². The molecule has 1 aromatic carbocycles. The highest BCUT2D eigenvalue weighted by Gasteiger charge is 2.36. The molecule has 19 heavy (non-hydrogen) atoms. The van der Waals surface area contributed by atoms with Gasteiger partial charge in [0.05, 0.1) is 13.2 Å². The number of hydrogen-bond acceptors (Lipinski definition) is 4. The van der Waals surface area contributed by atoms with Crippen LogP contribution in [0, 0.1) is 0 Å². The van der Waals surface area contributed by atoms with E-state index < -0.39 is 7.60 Å². The van der Waals surface area contributed by atoms with Gasteiger partial charge in [0, 0.05) is 0 Å². The summed E-state index contributed by atoms with van der Waals surface area (Å²) in [5.41, 5.74) is 0. The summed E-state index contributed by atoms with van der Waals surface area (Å²) in [4.78, 5) is 0. The lowest BCUT2D eigenvalue weighted by Crippen LogP contribution is -2.23. The molecular formula is C14H24NO3P. The molecular weight excluding hydrogens is 261 g/mol. The SMILES string of the molecule is CCOP(=O)(OCC)C1CCCN1.c1ccccc1. The second-order valence-electron chi connectivity index (χ2n) is 4.14. The van der Waals surface area contributed by atoms with Gasteiger partial charge in [-0.05, 0) is 33.2 Å². The predicted octanol–water partition coefficient (Wildman–Crippen LogP) is 3.65. The summed E-state index contributed by atoms with van der Waals surface area (Å²) in [7, 11) is -2.88. The Labute approximate surface area is 116 Å². The topological polar surface area (TPSA) is 47.6 Å². The normalized spacial score (nSPS) is 18.7. The van der Waals surface area contributed by atoms with Crippen molar-refractivity contribution in [3.63, 3.8) is 0 Å². The predicted molar refractivity (Wildman–Crippen MR) is 78.3 cm³/mol. The third-order valence-corrected chi connectivity index (χ3v) is 5.14. The van der Waals surface area contributed by atoms with Crippen LogP contribution in [-0.4, -0.2) is 25.5 Å². The average molecular weight is 285 g/mol. The van der Waals surface area contributed by atoms with Gasteiger partial charge >= 0.3 is 7.60 Å². The molecule has 1 aliphatic rings. The average Bonchev–Trinajstić information content (AvgIpc) is 2.97. The second-order valence-corrected chi connectivity index (χ2v) is 6.36. The molecule has 1 aliphatic heterocycles. The monoisotopic (exact) mass is 285 g/mol. The zero-order valence-electron chi connectivity index (χ0n) is 11.7. The van der Waals surface area contributed by atoms with Gasteiger partial charge in [0.1, 0.15) is 5.78 Å². The molecule has 1 heterocycles. The quantitative estimate of drug-likeness (QED) is 0.839. The first-order chi connectivity index (χ1) is 9.23. The lowest BCUT2D eigenvalue weighted by atomic mass is 10.4. The summed E-state index contributed by atoms with van der Waals surface area (Å²) in [6.45, 7) is 5.46. The van der Waals surface area contributed by atoms with Crippen molar-refractivity contribution in [3.8, 4) is 0 Å². The van der Waals surface area contributed by atoms with E-state index in [0.717, 1.165) is 19.4 Å². The zero-order valence-corrected chi connectivity index (χ0v) is 12.6. The minimum Gasteiger partial charge on any atom is -0.308 e. The van der Waals surface area contributed by atoms with Gasteiger partial charge in [-0.15, -0.1) is 0 Å². The van der Waals surface area contributed by atoms with Gasteiger partial charge in [-0.2, -0.15) is 0 Å². The summed E-state index contributed by atoms with van der Waals surface area (Å²) in [5, 5.41) is 3.15. The van der Waals surface area contributed by atoms with Crippen LogP contribution < -0.4 is 5.32 Å². The third-order valence-electron chi connectivity index (χ3n) is 2.70. The summed E-state index contributed by atoms with van der Waals surface area (Å²) in [6, 6.07) is 12.0. The molecule has 0 bridgehead atoms. The van der Waals surface area contributed by atoms with Crippen LogP contribution in [0.5, 0.6) is 0 Å². The smallest absolute Gasteiger partial charge is 0.308 e. The maximum absolute atomic E-state index is 12.1. The molecule has 0 spiro atoms. The Hall–Kier alpha value is -0.670. The van der Waals surface area contributed by atoms with Crippen molar-refractivity contribution in [2.75, 3.05) is 19.8 Å². The molecule has 0 amide bonds. The van der Waals surface area contributed by atoms with Crippen LogP contribution in [0.3, 0.4) is 0 Å². The van der Waals surface area contributed by atoms with E-state index >= 15 is 0 Å². The highest BCUT2D eigenvalue weighted by atomic mass is 31.2. The molecule has 1 aromatic rings. The number of benzene rings is 1. The fourth-order valence-corrected chi connectivity index (χ4v) is 3.90. The van der Waals surface area contributed by atoms with Crippen molar-refractivity contribution in [2.24, 2.45) is 0 Å². The molecule has 1 unspecified atom stereocenters. The molecule has 0 aromatic heterocycles. The van der Waals surface area contributed by atoms with Crippen molar-refractivity contribution in [1.29, 1.82) is 0 Å². The number of rotatable bonds is 5. The summed E-state index contributed by atoms with van der Waals surface area (Å²) < 4.78 is 22.6. The fraction of sp³-hybridized carbons (Fsp3) is 0.571. The summed E-state index contributed by atoms with van der Waals surface area (Å²) in [5.74, 6) is -0.0904. The molecule has 108 valence electrons. The highest BCUT2D eigenvalue weighted by Crippen LogP contribution is 2.54. The van der Waals surface area contributed by atoms with E-state index in [4.69, 9.17) is 9.05 Å². The Morgan fingerprint density at radius 1 is 1.05 bits per heavy atom. The second kappa shape index (κ2) is 9.27. The maximum Gasteiger partial charge on any atom is 0.347 e. The van der Waals surface area contributed by atoms with Crippen LogP contribution in [0.15, 0.2) is 36.4 Å². The van der Waals surface area contributed by atoms with Gasteiger partial charge in [0.2, 0.25) is 0 Å². The molecule has 0 aliphatic carbocycles.